The molecule has 3 rings (SSSR count). The number of carbonyl (C=O) groups is 4. The van der Waals surface area contributed by atoms with Gasteiger partial charge in [-0.1, -0.05) is 0 Å². The quantitative estimate of drug-likeness (QED) is 0.140. The molecule has 0 radical (unpaired) electrons. The third kappa shape index (κ3) is 6.72. The lowest BCUT2D eigenvalue weighted by molar-refractivity contribution is -0.227. The minimum atomic E-state index is -1.23. The maximum Gasteiger partial charge on any atom is 0.303 e. The fourth-order valence-corrected chi connectivity index (χ4v) is 3.53. The Bertz CT molecular complexity index is 1170. The first kappa shape index (κ1) is 26.5. The van der Waals surface area contributed by atoms with Gasteiger partial charge in [-0.3, -0.25) is 30.0 Å². The molecule has 2 aromatic heterocycles. The lowest BCUT2D eigenvalue weighted by Crippen LogP contribution is -2.63. The Labute approximate surface area is 209 Å². The second kappa shape index (κ2) is 11.5. The molecule has 3 heterocycles. The van der Waals surface area contributed by atoms with Gasteiger partial charge in [-0.2, -0.15) is 0 Å². The Kier molecular flexibility index (Phi) is 8.49. The number of fused-ring (bicyclic) bond motifs is 1. The number of thiocarbonyl (C=S) groups is 1. The summed E-state index contributed by atoms with van der Waals surface area (Å²) in [7, 11) is 0. The summed E-state index contributed by atoms with van der Waals surface area (Å²) < 4.78 is 22.7. The molecule has 0 aliphatic carbocycles. The second-order valence-electron chi connectivity index (χ2n) is 7.50. The monoisotopic (exact) mass is 524 g/mol. The molecule has 0 bridgehead atoms. The lowest BCUT2D eigenvalue weighted by Gasteiger charge is -2.40. The summed E-state index contributed by atoms with van der Waals surface area (Å²) in [6, 6.07) is 0. The van der Waals surface area contributed by atoms with Gasteiger partial charge in [0, 0.05) is 20.8 Å². The zero-order valence-corrected chi connectivity index (χ0v) is 20.2. The van der Waals surface area contributed by atoms with Crippen LogP contribution in [0.15, 0.2) is 12.7 Å². The number of nitrogens with two attached hydrogens (primary N) is 1. The summed E-state index contributed by atoms with van der Waals surface area (Å²) in [5, 5.41) is 2.61. The van der Waals surface area contributed by atoms with Crippen molar-refractivity contribution >= 4 is 58.1 Å². The molecule has 1 fully saturated rings. The van der Waals surface area contributed by atoms with Gasteiger partial charge < -0.3 is 34.6 Å². The third-order valence-electron chi connectivity index (χ3n) is 4.68. The molecule has 5 N–H and O–H groups in total. The van der Waals surface area contributed by atoms with Crippen molar-refractivity contribution in [2.24, 2.45) is 0 Å². The number of ether oxygens (including phenoxy) is 4. The predicted molar refractivity (Wildman–Crippen MR) is 123 cm³/mol. The fourth-order valence-electron chi connectivity index (χ4n) is 3.37. The molecule has 1 amide bonds. The van der Waals surface area contributed by atoms with E-state index in [9.17, 15) is 19.2 Å². The van der Waals surface area contributed by atoms with E-state index in [1.807, 2.05) is 0 Å². The maximum absolute atomic E-state index is 12.4. The molecule has 2 aromatic rings. The number of hydrazine groups is 1. The van der Waals surface area contributed by atoms with Gasteiger partial charge in [0.05, 0.1) is 12.9 Å². The van der Waals surface area contributed by atoms with E-state index < -0.39 is 48.4 Å². The number of carbonyl (C=O) groups excluding carboxylic acids is 4. The first-order chi connectivity index (χ1) is 17.0. The third-order valence-corrected chi connectivity index (χ3v) is 4.90. The van der Waals surface area contributed by atoms with Crippen LogP contribution in [0.5, 0.6) is 0 Å². The standard InChI is InChI=1S/C19H24N8O8S/c1-8(28)33-11-5-32-18(15(35-10(3)30)14(11)34-9(2)29)24-19(36)26-25-12(31)4-27-7-23-13-16(20)21-6-22-17(13)27/h6-7,11,14-15,18H,4-5H2,1-3H3,(H,25,31)(H2,20,21,22)(H2,24,26,36)/t11-,14+,15-,18-/m1/s1. The molecule has 0 unspecified atom stereocenters. The van der Waals surface area contributed by atoms with Crippen LogP contribution in [0.3, 0.4) is 0 Å². The molecule has 16 nitrogen and oxygen atoms in total. The Balaban J connectivity index is 1.62. The van der Waals surface area contributed by atoms with Crippen LogP contribution >= 0.6 is 12.2 Å². The van der Waals surface area contributed by atoms with E-state index >= 15 is 0 Å². The van der Waals surface area contributed by atoms with E-state index in [0.29, 0.717) is 11.2 Å². The molecular formula is C19H24N8O8S. The summed E-state index contributed by atoms with van der Waals surface area (Å²) in [5.41, 5.74) is 11.3. The highest BCUT2D eigenvalue weighted by Gasteiger charge is 2.47. The number of imidazole rings is 1. The molecule has 17 heteroatoms. The van der Waals surface area contributed by atoms with Crippen LogP contribution in [0, 0.1) is 0 Å². The number of hydrogen-bond acceptors (Lipinski definition) is 13. The summed E-state index contributed by atoms with van der Waals surface area (Å²) in [4.78, 5) is 59.1. The van der Waals surface area contributed by atoms with Gasteiger partial charge in [-0.25, -0.2) is 15.0 Å². The van der Waals surface area contributed by atoms with Gasteiger partial charge in [0.1, 0.15) is 18.4 Å². The summed E-state index contributed by atoms with van der Waals surface area (Å²) in [6.45, 7) is 3.11. The lowest BCUT2D eigenvalue weighted by atomic mass is 10.0. The van der Waals surface area contributed by atoms with Crippen molar-refractivity contribution in [3.05, 3.63) is 12.7 Å². The Morgan fingerprint density at radius 3 is 2.39 bits per heavy atom. The van der Waals surface area contributed by atoms with Crippen molar-refractivity contribution in [3.8, 4) is 0 Å². The summed E-state index contributed by atoms with van der Waals surface area (Å²) in [6.07, 6.45) is -1.91. The van der Waals surface area contributed by atoms with Gasteiger partial charge >= 0.3 is 17.9 Å². The molecule has 0 aromatic carbocycles. The van der Waals surface area contributed by atoms with Crippen LogP contribution in [0.25, 0.3) is 11.2 Å². The zero-order valence-electron chi connectivity index (χ0n) is 19.4. The average molecular weight is 525 g/mol. The van der Waals surface area contributed by atoms with E-state index in [-0.39, 0.29) is 24.1 Å². The van der Waals surface area contributed by atoms with Crippen molar-refractivity contribution in [3.63, 3.8) is 0 Å². The van der Waals surface area contributed by atoms with Crippen LogP contribution in [-0.2, 0) is 44.7 Å². The molecular weight excluding hydrogens is 500 g/mol. The second-order valence-corrected chi connectivity index (χ2v) is 7.91. The van der Waals surface area contributed by atoms with Crippen LogP contribution in [-0.4, -0.2) is 79.6 Å². The SMILES string of the molecule is CC(=O)O[C@@H]1[C@@H](OC(C)=O)[C@H](OC(C)=O)CO[C@H]1NC(=S)NNC(=O)Cn1cnc2c(N)ncnc21. The van der Waals surface area contributed by atoms with E-state index in [4.69, 9.17) is 36.9 Å². The van der Waals surface area contributed by atoms with Crippen LogP contribution in [0.4, 0.5) is 5.82 Å². The van der Waals surface area contributed by atoms with Crippen molar-refractivity contribution in [1.82, 2.24) is 35.7 Å². The first-order valence-electron chi connectivity index (χ1n) is 10.4. The normalized spacial score (nSPS) is 21.2. The topological polar surface area (TPSA) is 211 Å². The van der Waals surface area contributed by atoms with E-state index in [1.54, 1.807) is 0 Å². The van der Waals surface area contributed by atoms with E-state index in [0.717, 1.165) is 13.8 Å². The number of nitrogens with one attached hydrogen (secondary N) is 3. The Morgan fingerprint density at radius 1 is 1.06 bits per heavy atom. The summed E-state index contributed by atoms with van der Waals surface area (Å²) in [5.74, 6) is -2.37. The van der Waals surface area contributed by atoms with Crippen LogP contribution in [0.1, 0.15) is 20.8 Å². The molecule has 0 saturated carbocycles. The highest BCUT2D eigenvalue weighted by atomic mass is 32.1. The largest absolute Gasteiger partial charge is 0.456 e. The number of esters is 3. The van der Waals surface area contributed by atoms with Gasteiger partial charge in [-0.15, -0.1) is 0 Å². The fraction of sp³-hybridized carbons (Fsp3) is 0.474. The molecule has 4 atom stereocenters. The molecule has 1 saturated heterocycles. The van der Waals surface area contributed by atoms with Crippen LogP contribution in [0.2, 0.25) is 0 Å². The maximum atomic E-state index is 12.4. The van der Waals surface area contributed by atoms with E-state index in [2.05, 4.69) is 31.1 Å². The number of anilines is 1. The van der Waals surface area contributed by atoms with Crippen molar-refractivity contribution in [2.75, 3.05) is 12.3 Å². The van der Waals surface area contributed by atoms with Gasteiger partial charge in [0.15, 0.2) is 41.1 Å². The van der Waals surface area contributed by atoms with Crippen molar-refractivity contribution in [1.29, 1.82) is 0 Å². The molecule has 0 spiro atoms. The predicted octanol–water partition coefficient (Wildman–Crippen LogP) is -1.94. The number of amides is 1. The van der Waals surface area contributed by atoms with Crippen molar-refractivity contribution in [2.45, 2.75) is 51.9 Å². The molecule has 36 heavy (non-hydrogen) atoms. The molecule has 194 valence electrons. The smallest absolute Gasteiger partial charge is 0.303 e. The molecule has 1 aliphatic heterocycles. The van der Waals surface area contributed by atoms with Crippen molar-refractivity contribution < 1.29 is 38.1 Å². The van der Waals surface area contributed by atoms with E-state index in [1.165, 1.54) is 24.1 Å². The molecule has 1 aliphatic rings. The minimum absolute atomic E-state index is 0.111. The highest BCUT2D eigenvalue weighted by Crippen LogP contribution is 2.23. The Hall–Kier alpha value is -4.12. The number of hydrogen-bond donors (Lipinski definition) is 4. The zero-order chi connectivity index (χ0) is 26.4. The van der Waals surface area contributed by atoms with Crippen LogP contribution < -0.4 is 21.9 Å². The first-order valence-corrected chi connectivity index (χ1v) is 10.9. The number of rotatable bonds is 6. The number of nitrogen functional groups attached to an aromatic ring is 1. The average Bonchev–Trinajstić information content (AvgIpc) is 3.19. The summed E-state index contributed by atoms with van der Waals surface area (Å²) >= 11 is 5.18. The highest BCUT2D eigenvalue weighted by molar-refractivity contribution is 7.80. The number of aromatic nitrogens is 4. The van der Waals surface area contributed by atoms with Gasteiger partial charge in [-0.05, 0) is 12.2 Å². The Morgan fingerprint density at radius 2 is 1.72 bits per heavy atom. The van der Waals surface area contributed by atoms with Gasteiger partial charge in [0.2, 0.25) is 0 Å². The number of nitrogens with zero attached hydrogens (tertiary/aromatic N) is 4. The van der Waals surface area contributed by atoms with Gasteiger partial charge in [0.25, 0.3) is 5.91 Å². The minimum Gasteiger partial charge on any atom is -0.456 e.